The predicted molar refractivity (Wildman–Crippen MR) is 111 cm³/mol. The minimum Gasteiger partial charge on any atom is -0.459 e. The summed E-state index contributed by atoms with van der Waals surface area (Å²) in [4.78, 5) is 29.2. The molecule has 146 valence electrons. The van der Waals surface area contributed by atoms with Gasteiger partial charge in [-0.2, -0.15) is 0 Å². The van der Waals surface area contributed by atoms with Gasteiger partial charge in [0, 0.05) is 16.9 Å². The number of benzene rings is 1. The summed E-state index contributed by atoms with van der Waals surface area (Å²) in [6.07, 6.45) is 0.904. The van der Waals surface area contributed by atoms with Crippen LogP contribution in [-0.4, -0.2) is 23.3 Å². The summed E-state index contributed by atoms with van der Waals surface area (Å²) in [7, 11) is 0. The maximum absolute atomic E-state index is 12.5. The van der Waals surface area contributed by atoms with Crippen LogP contribution in [0.25, 0.3) is 10.8 Å². The van der Waals surface area contributed by atoms with E-state index >= 15 is 0 Å². The van der Waals surface area contributed by atoms with Crippen LogP contribution in [0.2, 0.25) is 5.02 Å². The number of amides is 2. The summed E-state index contributed by atoms with van der Waals surface area (Å²) in [5, 5.41) is 8.54. The third-order valence-corrected chi connectivity index (χ3v) is 5.02. The zero-order valence-electron chi connectivity index (χ0n) is 15.5. The molecule has 0 aliphatic heterocycles. The molecular weight excluding hydrogens is 398 g/mol. The summed E-state index contributed by atoms with van der Waals surface area (Å²) in [6.45, 7) is 4.39. The molecule has 2 amide bonds. The predicted octanol–water partition coefficient (Wildman–Crippen LogP) is 4.69. The molecule has 28 heavy (non-hydrogen) atoms. The van der Waals surface area contributed by atoms with Gasteiger partial charge in [0.1, 0.15) is 5.76 Å². The highest BCUT2D eigenvalue weighted by Gasteiger charge is 2.16. The molecule has 0 bridgehead atoms. The van der Waals surface area contributed by atoms with Gasteiger partial charge in [0.2, 0.25) is 5.91 Å². The number of thiazole rings is 1. The Labute approximate surface area is 171 Å². The SMILES string of the molecule is CCCNC(=O)c1ccc(Cl)cc1NC(=O)Cc1csc(-c2ccc(C)o2)n1. The summed E-state index contributed by atoms with van der Waals surface area (Å²) in [5.74, 6) is 0.954. The Morgan fingerprint density at radius 2 is 2.07 bits per heavy atom. The lowest BCUT2D eigenvalue weighted by Crippen LogP contribution is -2.26. The number of aromatic nitrogens is 1. The average molecular weight is 418 g/mol. The van der Waals surface area contributed by atoms with E-state index in [0.29, 0.717) is 34.3 Å². The molecule has 6 nitrogen and oxygen atoms in total. The Hall–Kier alpha value is -2.64. The third-order valence-electron chi connectivity index (χ3n) is 3.88. The summed E-state index contributed by atoms with van der Waals surface area (Å²) >= 11 is 7.45. The molecule has 0 spiro atoms. The van der Waals surface area contributed by atoms with Crippen molar-refractivity contribution in [3.63, 3.8) is 0 Å². The Morgan fingerprint density at radius 1 is 1.25 bits per heavy atom. The van der Waals surface area contributed by atoms with E-state index in [1.54, 1.807) is 18.2 Å². The van der Waals surface area contributed by atoms with E-state index in [1.807, 2.05) is 31.4 Å². The van der Waals surface area contributed by atoms with E-state index in [0.717, 1.165) is 17.2 Å². The Balaban J connectivity index is 1.70. The fraction of sp³-hybridized carbons (Fsp3) is 0.250. The number of rotatable bonds is 7. The van der Waals surface area contributed by atoms with Crippen LogP contribution < -0.4 is 10.6 Å². The molecule has 1 aromatic carbocycles. The number of carbonyl (C=O) groups is 2. The topological polar surface area (TPSA) is 84.2 Å². The minimum absolute atomic E-state index is 0.0821. The van der Waals surface area contributed by atoms with Crippen molar-refractivity contribution in [1.29, 1.82) is 0 Å². The molecule has 0 aliphatic rings. The quantitative estimate of drug-likeness (QED) is 0.584. The maximum Gasteiger partial charge on any atom is 0.253 e. The van der Waals surface area contributed by atoms with Crippen LogP contribution in [-0.2, 0) is 11.2 Å². The zero-order valence-corrected chi connectivity index (χ0v) is 17.1. The van der Waals surface area contributed by atoms with Gasteiger partial charge in [0.25, 0.3) is 5.91 Å². The maximum atomic E-state index is 12.5. The molecule has 0 aliphatic carbocycles. The van der Waals surface area contributed by atoms with Crippen molar-refractivity contribution < 1.29 is 14.0 Å². The van der Waals surface area contributed by atoms with Crippen molar-refractivity contribution in [2.75, 3.05) is 11.9 Å². The highest BCUT2D eigenvalue weighted by atomic mass is 35.5. The van der Waals surface area contributed by atoms with Crippen LogP contribution in [0.3, 0.4) is 0 Å². The first-order valence-corrected chi connectivity index (χ1v) is 10.1. The van der Waals surface area contributed by atoms with Gasteiger partial charge in [-0.25, -0.2) is 4.98 Å². The van der Waals surface area contributed by atoms with Gasteiger partial charge in [0.05, 0.1) is 23.4 Å². The fourth-order valence-corrected chi connectivity index (χ4v) is 3.51. The Kier molecular flexibility index (Phi) is 6.49. The van der Waals surface area contributed by atoms with Crippen LogP contribution in [0.15, 0.2) is 40.1 Å². The number of nitrogens with one attached hydrogen (secondary N) is 2. The normalized spacial score (nSPS) is 10.7. The van der Waals surface area contributed by atoms with E-state index in [2.05, 4.69) is 15.6 Å². The molecule has 0 saturated carbocycles. The van der Waals surface area contributed by atoms with Crippen molar-refractivity contribution >= 4 is 40.4 Å². The van der Waals surface area contributed by atoms with E-state index in [1.165, 1.54) is 11.3 Å². The molecule has 0 unspecified atom stereocenters. The van der Waals surface area contributed by atoms with Crippen LogP contribution in [0.4, 0.5) is 5.69 Å². The minimum atomic E-state index is -0.278. The molecule has 2 aromatic heterocycles. The molecular formula is C20H20ClN3O3S. The zero-order chi connectivity index (χ0) is 20.1. The van der Waals surface area contributed by atoms with Gasteiger partial charge in [-0.3, -0.25) is 9.59 Å². The van der Waals surface area contributed by atoms with Gasteiger partial charge in [-0.1, -0.05) is 18.5 Å². The number of halogens is 1. The fourth-order valence-electron chi connectivity index (χ4n) is 2.56. The summed E-state index contributed by atoms with van der Waals surface area (Å²) in [6, 6.07) is 8.51. The van der Waals surface area contributed by atoms with E-state index in [4.69, 9.17) is 16.0 Å². The summed E-state index contributed by atoms with van der Waals surface area (Å²) in [5.41, 5.74) is 1.38. The molecule has 2 N–H and O–H groups in total. The van der Waals surface area contributed by atoms with Crippen molar-refractivity contribution in [3.05, 3.63) is 57.8 Å². The number of anilines is 1. The molecule has 3 aromatic rings. The van der Waals surface area contributed by atoms with Gasteiger partial charge in [0.15, 0.2) is 10.8 Å². The summed E-state index contributed by atoms with van der Waals surface area (Å²) < 4.78 is 5.56. The van der Waals surface area contributed by atoms with Gasteiger partial charge in [-0.15, -0.1) is 11.3 Å². The standard InChI is InChI=1S/C20H20ClN3O3S/c1-3-8-22-19(26)15-6-5-13(21)9-16(15)24-18(25)10-14-11-28-20(23-14)17-7-4-12(2)27-17/h4-7,9,11H,3,8,10H2,1-2H3,(H,22,26)(H,24,25). The molecule has 8 heteroatoms. The van der Waals surface area contributed by atoms with Crippen molar-refractivity contribution in [3.8, 4) is 10.8 Å². The van der Waals surface area contributed by atoms with Crippen LogP contribution in [0.1, 0.15) is 35.2 Å². The lowest BCUT2D eigenvalue weighted by Gasteiger charge is -2.11. The second-order valence-corrected chi connectivity index (χ2v) is 7.52. The van der Waals surface area contributed by atoms with Crippen LogP contribution in [0, 0.1) is 6.92 Å². The van der Waals surface area contributed by atoms with Crippen molar-refractivity contribution in [2.45, 2.75) is 26.7 Å². The molecule has 2 heterocycles. The number of nitrogens with zero attached hydrogens (tertiary/aromatic N) is 1. The van der Waals surface area contributed by atoms with E-state index in [-0.39, 0.29) is 18.2 Å². The smallest absolute Gasteiger partial charge is 0.253 e. The van der Waals surface area contributed by atoms with Gasteiger partial charge < -0.3 is 15.1 Å². The molecule has 0 atom stereocenters. The van der Waals surface area contributed by atoms with E-state index < -0.39 is 0 Å². The highest BCUT2D eigenvalue weighted by molar-refractivity contribution is 7.13. The lowest BCUT2D eigenvalue weighted by atomic mass is 10.1. The van der Waals surface area contributed by atoms with Crippen molar-refractivity contribution in [1.82, 2.24) is 10.3 Å². The first kappa shape index (κ1) is 20.1. The van der Waals surface area contributed by atoms with E-state index in [9.17, 15) is 9.59 Å². The Morgan fingerprint density at radius 3 is 2.79 bits per heavy atom. The largest absolute Gasteiger partial charge is 0.459 e. The first-order chi connectivity index (χ1) is 13.5. The van der Waals surface area contributed by atoms with Crippen molar-refractivity contribution in [2.24, 2.45) is 0 Å². The van der Waals surface area contributed by atoms with Crippen LogP contribution in [0.5, 0.6) is 0 Å². The second-order valence-electron chi connectivity index (χ2n) is 6.23. The first-order valence-electron chi connectivity index (χ1n) is 8.85. The van der Waals surface area contributed by atoms with Crippen LogP contribution >= 0.6 is 22.9 Å². The monoisotopic (exact) mass is 417 g/mol. The Bertz CT molecular complexity index is 996. The molecule has 0 fully saturated rings. The lowest BCUT2D eigenvalue weighted by molar-refractivity contribution is -0.115. The number of furan rings is 1. The number of hydrogen-bond donors (Lipinski definition) is 2. The number of aryl methyl sites for hydroxylation is 1. The number of carbonyl (C=O) groups excluding carboxylic acids is 2. The number of hydrogen-bond acceptors (Lipinski definition) is 5. The molecule has 0 saturated heterocycles. The van der Waals surface area contributed by atoms with Gasteiger partial charge in [-0.05, 0) is 43.7 Å². The third kappa shape index (κ3) is 4.99. The average Bonchev–Trinajstić information content (AvgIpc) is 3.28. The second kappa shape index (κ2) is 9.03. The van der Waals surface area contributed by atoms with Gasteiger partial charge >= 0.3 is 0 Å². The molecule has 3 rings (SSSR count). The molecule has 0 radical (unpaired) electrons. The highest BCUT2D eigenvalue weighted by Crippen LogP contribution is 2.26.